The number of aromatic carboxylic acids is 1. The molecule has 0 unspecified atom stereocenters. The summed E-state index contributed by atoms with van der Waals surface area (Å²) < 4.78 is 5.62. The molecule has 0 spiro atoms. The Balaban J connectivity index is 2.14. The molecule has 21 heavy (non-hydrogen) atoms. The van der Waals surface area contributed by atoms with Gasteiger partial charge in [0.05, 0.1) is 17.4 Å². The van der Waals surface area contributed by atoms with Crippen molar-refractivity contribution < 1.29 is 19.4 Å². The Morgan fingerprint density at radius 2 is 2.10 bits per heavy atom. The van der Waals surface area contributed by atoms with Crippen LogP contribution in [0.5, 0.6) is 5.75 Å². The lowest BCUT2D eigenvalue weighted by molar-refractivity contribution is -0.117. The van der Waals surface area contributed by atoms with E-state index in [0.29, 0.717) is 23.8 Å². The summed E-state index contributed by atoms with van der Waals surface area (Å²) in [5.41, 5.74) is 0.554. The quantitative estimate of drug-likeness (QED) is 0.843. The number of anilines is 1. The number of benzene rings is 1. The normalized spacial score (nSPS) is 14.6. The number of ether oxygens (including phenoxy) is 1. The smallest absolute Gasteiger partial charge is 0.335 e. The van der Waals surface area contributed by atoms with Crippen LogP contribution >= 0.6 is 0 Å². The van der Waals surface area contributed by atoms with E-state index >= 15 is 0 Å². The van der Waals surface area contributed by atoms with E-state index in [4.69, 9.17) is 9.84 Å². The maximum atomic E-state index is 12.0. The molecule has 1 aliphatic carbocycles. The Hall–Kier alpha value is -2.04. The second kappa shape index (κ2) is 6.61. The summed E-state index contributed by atoms with van der Waals surface area (Å²) in [4.78, 5) is 23.1. The Labute approximate surface area is 124 Å². The van der Waals surface area contributed by atoms with Gasteiger partial charge in [-0.25, -0.2) is 4.79 Å². The fraction of sp³-hybridized carbons (Fsp3) is 0.500. The summed E-state index contributed by atoms with van der Waals surface area (Å²) in [6.07, 6.45) is 3.81. The van der Waals surface area contributed by atoms with Crippen LogP contribution in [0.2, 0.25) is 0 Å². The van der Waals surface area contributed by atoms with E-state index in [1.807, 2.05) is 13.8 Å². The summed E-state index contributed by atoms with van der Waals surface area (Å²) in [6, 6.07) is 4.50. The van der Waals surface area contributed by atoms with Gasteiger partial charge in [0.25, 0.3) is 0 Å². The number of carboxylic acid groups (broad SMARTS) is 1. The molecule has 5 heteroatoms. The predicted octanol–water partition coefficient (Wildman–Crippen LogP) is 3.30. The third-order valence-corrected chi connectivity index (χ3v) is 3.56. The van der Waals surface area contributed by atoms with E-state index in [-0.39, 0.29) is 17.6 Å². The van der Waals surface area contributed by atoms with E-state index in [9.17, 15) is 9.59 Å². The van der Waals surface area contributed by atoms with Crippen molar-refractivity contribution in [1.29, 1.82) is 0 Å². The summed E-state index contributed by atoms with van der Waals surface area (Å²) in [7, 11) is 0. The molecule has 0 bridgehead atoms. The molecular formula is C16H21NO4. The molecule has 1 fully saturated rings. The summed E-state index contributed by atoms with van der Waals surface area (Å²) in [5, 5.41) is 11.8. The van der Waals surface area contributed by atoms with Crippen molar-refractivity contribution in [2.75, 3.05) is 5.32 Å². The fourth-order valence-electron chi connectivity index (χ4n) is 2.28. The average Bonchev–Trinajstić information content (AvgIpc) is 2.35. The van der Waals surface area contributed by atoms with E-state index in [1.54, 1.807) is 6.07 Å². The topological polar surface area (TPSA) is 75.6 Å². The molecule has 0 aromatic heterocycles. The van der Waals surface area contributed by atoms with Crippen LogP contribution < -0.4 is 10.1 Å². The molecule has 0 saturated heterocycles. The zero-order valence-corrected chi connectivity index (χ0v) is 12.4. The highest BCUT2D eigenvalue weighted by Crippen LogP contribution is 2.31. The van der Waals surface area contributed by atoms with Gasteiger partial charge < -0.3 is 15.2 Å². The minimum Gasteiger partial charge on any atom is -0.489 e. The number of carbonyl (C=O) groups is 2. The van der Waals surface area contributed by atoms with Crippen LogP contribution in [0.1, 0.15) is 49.9 Å². The Kier molecular flexibility index (Phi) is 4.83. The third kappa shape index (κ3) is 4.21. The van der Waals surface area contributed by atoms with Gasteiger partial charge in [-0.05, 0) is 50.8 Å². The molecule has 2 rings (SSSR count). The molecule has 114 valence electrons. The van der Waals surface area contributed by atoms with E-state index in [0.717, 1.165) is 12.8 Å². The first kappa shape index (κ1) is 15.4. The standard InChI is InChI=1S/C16H21NO4/c1-10(2)21-14-7-6-12(16(19)20)9-13(14)17-15(18)8-11-4-3-5-11/h6-7,9-11H,3-5,8H2,1-2H3,(H,17,18)(H,19,20). The average molecular weight is 291 g/mol. The molecule has 1 aromatic carbocycles. The van der Waals surface area contributed by atoms with Gasteiger partial charge in [-0.1, -0.05) is 6.42 Å². The molecule has 0 radical (unpaired) electrons. The molecular weight excluding hydrogens is 270 g/mol. The van der Waals surface area contributed by atoms with Crippen LogP contribution in [0.3, 0.4) is 0 Å². The fourth-order valence-corrected chi connectivity index (χ4v) is 2.28. The predicted molar refractivity (Wildman–Crippen MR) is 79.8 cm³/mol. The molecule has 1 aromatic rings. The second-order valence-electron chi connectivity index (χ2n) is 5.73. The monoisotopic (exact) mass is 291 g/mol. The maximum Gasteiger partial charge on any atom is 0.335 e. The van der Waals surface area contributed by atoms with Gasteiger partial charge in [-0.15, -0.1) is 0 Å². The van der Waals surface area contributed by atoms with E-state index < -0.39 is 5.97 Å². The molecule has 0 atom stereocenters. The third-order valence-electron chi connectivity index (χ3n) is 3.56. The van der Waals surface area contributed by atoms with Crippen LogP contribution in [-0.2, 0) is 4.79 Å². The molecule has 5 nitrogen and oxygen atoms in total. The lowest BCUT2D eigenvalue weighted by Crippen LogP contribution is -2.21. The number of rotatable bonds is 6. The Morgan fingerprint density at radius 1 is 1.38 bits per heavy atom. The largest absolute Gasteiger partial charge is 0.489 e. The Bertz CT molecular complexity index is 535. The van der Waals surface area contributed by atoms with Crippen molar-refractivity contribution >= 4 is 17.6 Å². The lowest BCUT2D eigenvalue weighted by atomic mass is 9.83. The van der Waals surface area contributed by atoms with Gasteiger partial charge in [-0.3, -0.25) is 4.79 Å². The van der Waals surface area contributed by atoms with Gasteiger partial charge in [-0.2, -0.15) is 0 Å². The first-order valence-electron chi connectivity index (χ1n) is 7.29. The van der Waals surface area contributed by atoms with E-state index in [2.05, 4.69) is 5.32 Å². The summed E-state index contributed by atoms with van der Waals surface area (Å²) in [5.74, 6) is -0.157. The van der Waals surface area contributed by atoms with Crippen LogP contribution in [0.15, 0.2) is 18.2 Å². The maximum absolute atomic E-state index is 12.0. The second-order valence-corrected chi connectivity index (χ2v) is 5.73. The van der Waals surface area contributed by atoms with Crippen molar-refractivity contribution in [2.24, 2.45) is 5.92 Å². The van der Waals surface area contributed by atoms with Crippen LogP contribution in [0, 0.1) is 5.92 Å². The highest BCUT2D eigenvalue weighted by atomic mass is 16.5. The number of nitrogens with one attached hydrogen (secondary N) is 1. The van der Waals surface area contributed by atoms with Gasteiger partial charge in [0.2, 0.25) is 5.91 Å². The number of hydrogen-bond donors (Lipinski definition) is 2. The van der Waals surface area contributed by atoms with Gasteiger partial charge in [0.15, 0.2) is 0 Å². The SMILES string of the molecule is CC(C)Oc1ccc(C(=O)O)cc1NC(=O)CC1CCC1. The molecule has 1 amide bonds. The minimum absolute atomic E-state index is 0.0528. The highest BCUT2D eigenvalue weighted by Gasteiger charge is 2.21. The molecule has 2 N–H and O–H groups in total. The van der Waals surface area contributed by atoms with Gasteiger partial charge >= 0.3 is 5.97 Å². The van der Waals surface area contributed by atoms with E-state index in [1.165, 1.54) is 18.6 Å². The minimum atomic E-state index is -1.03. The zero-order chi connectivity index (χ0) is 15.4. The van der Waals surface area contributed by atoms with Crippen molar-refractivity contribution in [2.45, 2.75) is 45.6 Å². The molecule has 1 aliphatic rings. The number of amides is 1. The number of hydrogen-bond acceptors (Lipinski definition) is 3. The zero-order valence-electron chi connectivity index (χ0n) is 12.4. The van der Waals surface area contributed by atoms with Crippen LogP contribution in [0.4, 0.5) is 5.69 Å². The summed E-state index contributed by atoms with van der Waals surface area (Å²) >= 11 is 0. The first-order chi connectivity index (χ1) is 9.95. The van der Waals surface area contributed by atoms with Gasteiger partial charge in [0, 0.05) is 6.42 Å². The summed E-state index contributed by atoms with van der Waals surface area (Å²) in [6.45, 7) is 3.76. The molecule has 0 aliphatic heterocycles. The highest BCUT2D eigenvalue weighted by molar-refractivity contribution is 5.95. The van der Waals surface area contributed by atoms with Crippen molar-refractivity contribution in [3.63, 3.8) is 0 Å². The molecule has 0 heterocycles. The lowest BCUT2D eigenvalue weighted by Gasteiger charge is -2.24. The van der Waals surface area contributed by atoms with Gasteiger partial charge in [0.1, 0.15) is 5.75 Å². The van der Waals surface area contributed by atoms with Crippen molar-refractivity contribution in [3.05, 3.63) is 23.8 Å². The van der Waals surface area contributed by atoms with Crippen molar-refractivity contribution in [1.82, 2.24) is 0 Å². The Morgan fingerprint density at radius 3 is 2.62 bits per heavy atom. The van der Waals surface area contributed by atoms with Crippen LogP contribution in [-0.4, -0.2) is 23.1 Å². The number of carbonyl (C=O) groups excluding carboxylic acids is 1. The molecule has 1 saturated carbocycles. The number of carboxylic acids is 1. The van der Waals surface area contributed by atoms with Crippen molar-refractivity contribution in [3.8, 4) is 5.75 Å². The van der Waals surface area contributed by atoms with Crippen LogP contribution in [0.25, 0.3) is 0 Å². The first-order valence-corrected chi connectivity index (χ1v) is 7.29.